The molecular formula is C12H9Cl2N3O2S. The Bertz CT molecular complexity index is 667. The van der Waals surface area contributed by atoms with Gasteiger partial charge in [-0.2, -0.15) is 0 Å². The first kappa shape index (κ1) is 14.9. The average molecular weight is 330 g/mol. The standard InChI is InChI=1S/C12H9Cl2N3O2S/c1-15-11-5-4-9(17(18)19)12(16-11)20-10-6-7(13)2-3-8(10)14/h2-6H,1H3,(H,15,16). The molecule has 0 amide bonds. The van der Waals surface area contributed by atoms with E-state index in [1.54, 1.807) is 31.3 Å². The van der Waals surface area contributed by atoms with Crippen LogP contribution in [-0.2, 0) is 0 Å². The van der Waals surface area contributed by atoms with Gasteiger partial charge in [-0.25, -0.2) is 4.98 Å². The summed E-state index contributed by atoms with van der Waals surface area (Å²) < 4.78 is 0. The molecule has 0 saturated carbocycles. The molecule has 0 spiro atoms. The molecular weight excluding hydrogens is 321 g/mol. The van der Waals surface area contributed by atoms with Crippen molar-refractivity contribution in [2.75, 3.05) is 12.4 Å². The van der Waals surface area contributed by atoms with E-state index < -0.39 is 4.92 Å². The van der Waals surface area contributed by atoms with Crippen LogP contribution in [0, 0.1) is 10.1 Å². The lowest BCUT2D eigenvalue weighted by Gasteiger charge is -2.06. The maximum Gasteiger partial charge on any atom is 0.301 e. The molecule has 0 bridgehead atoms. The smallest absolute Gasteiger partial charge is 0.301 e. The summed E-state index contributed by atoms with van der Waals surface area (Å²) in [5.74, 6) is 0.538. The van der Waals surface area contributed by atoms with Gasteiger partial charge in [-0.3, -0.25) is 10.1 Å². The quantitative estimate of drug-likeness (QED) is 0.661. The van der Waals surface area contributed by atoms with Crippen LogP contribution in [0.3, 0.4) is 0 Å². The second-order valence-corrected chi connectivity index (χ2v) is 5.58. The maximum atomic E-state index is 11.0. The fourth-order valence-electron chi connectivity index (χ4n) is 1.45. The van der Waals surface area contributed by atoms with E-state index in [2.05, 4.69) is 10.3 Å². The molecule has 0 aliphatic rings. The number of hydrogen-bond donors (Lipinski definition) is 1. The molecule has 0 atom stereocenters. The fraction of sp³-hybridized carbons (Fsp3) is 0.0833. The third kappa shape index (κ3) is 3.33. The van der Waals surface area contributed by atoms with Gasteiger partial charge in [0.25, 0.3) is 0 Å². The van der Waals surface area contributed by atoms with Crippen molar-refractivity contribution >= 4 is 46.5 Å². The Morgan fingerprint density at radius 1 is 1.30 bits per heavy atom. The molecule has 20 heavy (non-hydrogen) atoms. The van der Waals surface area contributed by atoms with Crippen molar-refractivity contribution in [3.05, 3.63) is 50.5 Å². The summed E-state index contributed by atoms with van der Waals surface area (Å²) in [6.45, 7) is 0. The second kappa shape index (κ2) is 6.30. The topological polar surface area (TPSA) is 68.1 Å². The molecule has 1 aromatic heterocycles. The Kier molecular flexibility index (Phi) is 4.69. The molecule has 0 aliphatic carbocycles. The maximum absolute atomic E-state index is 11.0. The first-order chi connectivity index (χ1) is 9.51. The molecule has 0 aliphatic heterocycles. The lowest BCUT2D eigenvalue weighted by Crippen LogP contribution is -1.98. The Morgan fingerprint density at radius 3 is 2.70 bits per heavy atom. The van der Waals surface area contributed by atoms with Gasteiger partial charge in [0.1, 0.15) is 5.82 Å². The predicted octanol–water partition coefficient (Wildman–Crippen LogP) is 4.49. The number of hydrogen-bond acceptors (Lipinski definition) is 5. The number of nitrogens with zero attached hydrogens (tertiary/aromatic N) is 2. The molecule has 104 valence electrons. The minimum absolute atomic E-state index is 0.0787. The molecule has 0 unspecified atom stereocenters. The van der Waals surface area contributed by atoms with E-state index in [0.29, 0.717) is 20.8 Å². The summed E-state index contributed by atoms with van der Waals surface area (Å²) in [6.07, 6.45) is 0. The van der Waals surface area contributed by atoms with Gasteiger partial charge in [0.15, 0.2) is 5.03 Å². The first-order valence-corrected chi connectivity index (χ1v) is 7.04. The third-order valence-electron chi connectivity index (χ3n) is 2.39. The molecule has 1 N–H and O–H groups in total. The molecule has 1 aromatic carbocycles. The molecule has 0 fully saturated rings. The SMILES string of the molecule is CNc1ccc([N+](=O)[O-])c(Sc2cc(Cl)ccc2Cl)n1. The molecule has 0 saturated heterocycles. The van der Waals surface area contributed by atoms with Crippen molar-refractivity contribution in [3.63, 3.8) is 0 Å². The van der Waals surface area contributed by atoms with Crippen LogP contribution in [0.4, 0.5) is 11.5 Å². The highest BCUT2D eigenvalue weighted by molar-refractivity contribution is 7.99. The zero-order valence-electron chi connectivity index (χ0n) is 10.3. The summed E-state index contributed by atoms with van der Waals surface area (Å²) in [6, 6.07) is 7.88. The number of anilines is 1. The number of benzene rings is 1. The third-order valence-corrected chi connectivity index (χ3v) is 4.12. The highest BCUT2D eigenvalue weighted by Gasteiger charge is 2.18. The van der Waals surface area contributed by atoms with E-state index in [1.807, 2.05) is 0 Å². The van der Waals surface area contributed by atoms with Gasteiger partial charge in [-0.05, 0) is 24.3 Å². The number of nitro groups is 1. The minimum Gasteiger partial charge on any atom is -0.373 e. The Labute approximate surface area is 129 Å². The summed E-state index contributed by atoms with van der Waals surface area (Å²) in [5, 5.41) is 15.1. The molecule has 1 heterocycles. The summed E-state index contributed by atoms with van der Waals surface area (Å²) in [4.78, 5) is 15.4. The summed E-state index contributed by atoms with van der Waals surface area (Å²) in [7, 11) is 1.69. The number of pyridine rings is 1. The zero-order chi connectivity index (χ0) is 14.7. The van der Waals surface area contributed by atoms with Gasteiger partial charge < -0.3 is 5.32 Å². The lowest BCUT2D eigenvalue weighted by atomic mass is 10.4. The molecule has 8 heteroatoms. The Morgan fingerprint density at radius 2 is 2.05 bits per heavy atom. The Hall–Kier alpha value is -1.50. The van der Waals surface area contributed by atoms with Crippen LogP contribution in [0.1, 0.15) is 0 Å². The minimum atomic E-state index is -0.479. The summed E-state index contributed by atoms with van der Waals surface area (Å²) >= 11 is 13.1. The van der Waals surface area contributed by atoms with Gasteiger partial charge in [-0.15, -0.1) is 0 Å². The van der Waals surface area contributed by atoms with Crippen LogP contribution in [0.2, 0.25) is 10.0 Å². The number of halogens is 2. The fourth-order valence-corrected chi connectivity index (χ4v) is 2.87. The van der Waals surface area contributed by atoms with Crippen molar-refractivity contribution in [1.82, 2.24) is 4.98 Å². The van der Waals surface area contributed by atoms with Crippen LogP contribution >= 0.6 is 35.0 Å². The summed E-state index contributed by atoms with van der Waals surface area (Å²) in [5.41, 5.74) is -0.0787. The van der Waals surface area contributed by atoms with Crippen molar-refractivity contribution in [2.45, 2.75) is 9.92 Å². The van der Waals surface area contributed by atoms with Gasteiger partial charge >= 0.3 is 5.69 Å². The molecule has 5 nitrogen and oxygen atoms in total. The van der Waals surface area contributed by atoms with Crippen molar-refractivity contribution < 1.29 is 4.92 Å². The van der Waals surface area contributed by atoms with E-state index in [4.69, 9.17) is 23.2 Å². The second-order valence-electron chi connectivity index (χ2n) is 3.70. The van der Waals surface area contributed by atoms with E-state index >= 15 is 0 Å². The van der Waals surface area contributed by atoms with Crippen LogP contribution in [0.15, 0.2) is 40.3 Å². The van der Waals surface area contributed by atoms with Crippen molar-refractivity contribution in [1.29, 1.82) is 0 Å². The first-order valence-electron chi connectivity index (χ1n) is 5.47. The van der Waals surface area contributed by atoms with Crippen LogP contribution < -0.4 is 5.32 Å². The van der Waals surface area contributed by atoms with Crippen LogP contribution in [0.25, 0.3) is 0 Å². The highest BCUT2D eigenvalue weighted by Crippen LogP contribution is 2.38. The molecule has 2 aromatic rings. The van der Waals surface area contributed by atoms with E-state index in [1.165, 1.54) is 6.07 Å². The molecule has 0 radical (unpaired) electrons. The van der Waals surface area contributed by atoms with Crippen LogP contribution in [-0.4, -0.2) is 17.0 Å². The van der Waals surface area contributed by atoms with Gasteiger partial charge in [0.05, 0.1) is 9.95 Å². The van der Waals surface area contributed by atoms with Gasteiger partial charge in [0.2, 0.25) is 0 Å². The van der Waals surface area contributed by atoms with Crippen molar-refractivity contribution in [3.8, 4) is 0 Å². The van der Waals surface area contributed by atoms with Crippen molar-refractivity contribution in [2.24, 2.45) is 0 Å². The monoisotopic (exact) mass is 329 g/mol. The highest BCUT2D eigenvalue weighted by atomic mass is 35.5. The zero-order valence-corrected chi connectivity index (χ0v) is 12.6. The number of aromatic nitrogens is 1. The normalized spacial score (nSPS) is 10.3. The lowest BCUT2D eigenvalue weighted by molar-refractivity contribution is -0.388. The van der Waals surface area contributed by atoms with E-state index in [0.717, 1.165) is 11.8 Å². The predicted molar refractivity (Wildman–Crippen MR) is 81.0 cm³/mol. The Balaban J connectivity index is 2.45. The largest absolute Gasteiger partial charge is 0.373 e. The number of rotatable bonds is 4. The van der Waals surface area contributed by atoms with Crippen LogP contribution in [0.5, 0.6) is 0 Å². The van der Waals surface area contributed by atoms with Gasteiger partial charge in [-0.1, -0.05) is 35.0 Å². The van der Waals surface area contributed by atoms with E-state index in [-0.39, 0.29) is 10.7 Å². The molecule has 2 rings (SSSR count). The van der Waals surface area contributed by atoms with Gasteiger partial charge in [0, 0.05) is 23.0 Å². The number of nitrogens with one attached hydrogen (secondary N) is 1. The van der Waals surface area contributed by atoms with E-state index in [9.17, 15) is 10.1 Å². The average Bonchev–Trinajstić information content (AvgIpc) is 2.42.